The highest BCUT2D eigenvalue weighted by atomic mass is 35.5. The minimum Gasteiger partial charge on any atom is -0.460 e. The van der Waals surface area contributed by atoms with Crippen molar-refractivity contribution in [3.8, 4) is 0 Å². The maximum Gasteiger partial charge on any atom is 0.376 e. The summed E-state index contributed by atoms with van der Waals surface area (Å²) in [7, 11) is 0. The second-order valence-electron chi connectivity index (χ2n) is 3.11. The van der Waals surface area contributed by atoms with Crippen LogP contribution in [0.1, 0.15) is 18.5 Å². The Morgan fingerprint density at radius 2 is 1.94 bits per heavy atom. The molecule has 4 nitrogen and oxygen atoms in total. The molecule has 0 aliphatic rings. The lowest BCUT2D eigenvalue weighted by Crippen LogP contribution is -2.29. The minimum atomic E-state index is -1.00. The summed E-state index contributed by atoms with van der Waals surface area (Å²) in [4.78, 5) is 22.6. The summed E-state index contributed by atoms with van der Waals surface area (Å²) >= 11 is 5.69. The summed E-state index contributed by atoms with van der Waals surface area (Å²) in [6.07, 6.45) is 0. The van der Waals surface area contributed by atoms with E-state index in [0.717, 1.165) is 0 Å². The molecule has 5 heteroatoms. The molecule has 1 atom stereocenters. The predicted molar refractivity (Wildman–Crippen MR) is 60.0 cm³/mol. The molecule has 0 amide bonds. The summed E-state index contributed by atoms with van der Waals surface area (Å²) in [5.41, 5.74) is 6.16. The molecule has 0 fully saturated rings. The first kappa shape index (κ1) is 12.7. The Morgan fingerprint density at radius 1 is 1.38 bits per heavy atom. The molecule has 0 heterocycles. The van der Waals surface area contributed by atoms with Gasteiger partial charge in [0.25, 0.3) is 5.78 Å². The number of carbonyl (C=O) groups is 2. The summed E-state index contributed by atoms with van der Waals surface area (Å²) < 4.78 is 4.58. The van der Waals surface area contributed by atoms with Crippen LogP contribution in [0.25, 0.3) is 0 Å². The van der Waals surface area contributed by atoms with Gasteiger partial charge in [0, 0.05) is 5.02 Å². The highest BCUT2D eigenvalue weighted by molar-refractivity contribution is 6.35. The van der Waals surface area contributed by atoms with Crippen LogP contribution in [0, 0.1) is 0 Å². The molecule has 0 bridgehead atoms. The molecule has 1 aromatic carbocycles. The highest BCUT2D eigenvalue weighted by Crippen LogP contribution is 2.15. The molecule has 0 saturated heterocycles. The van der Waals surface area contributed by atoms with Gasteiger partial charge in [-0.15, -0.1) is 0 Å². The first-order chi connectivity index (χ1) is 7.56. The zero-order chi connectivity index (χ0) is 12.1. The maximum atomic E-state index is 11.5. The van der Waals surface area contributed by atoms with E-state index in [2.05, 4.69) is 4.74 Å². The average molecular weight is 242 g/mol. The van der Waals surface area contributed by atoms with Crippen molar-refractivity contribution in [1.29, 1.82) is 0 Å². The molecule has 0 aliphatic carbocycles. The van der Waals surface area contributed by atoms with Crippen molar-refractivity contribution in [3.63, 3.8) is 0 Å². The molecule has 86 valence electrons. The lowest BCUT2D eigenvalue weighted by molar-refractivity contribution is -0.154. The van der Waals surface area contributed by atoms with Crippen LogP contribution in [0.5, 0.6) is 0 Å². The van der Waals surface area contributed by atoms with Gasteiger partial charge in [0.1, 0.15) is 6.04 Å². The standard InChI is InChI=1S/C11H12ClNO3/c1-2-16-11(15)10(14)9(13)7-3-5-8(12)6-4-7/h3-6,9H,2,13H2,1H3. The van der Waals surface area contributed by atoms with Crippen molar-refractivity contribution in [1.82, 2.24) is 0 Å². The van der Waals surface area contributed by atoms with Crippen molar-refractivity contribution in [3.05, 3.63) is 34.9 Å². The van der Waals surface area contributed by atoms with E-state index in [0.29, 0.717) is 10.6 Å². The van der Waals surface area contributed by atoms with Crippen molar-refractivity contribution in [2.75, 3.05) is 6.61 Å². The number of nitrogens with two attached hydrogens (primary N) is 1. The fourth-order valence-electron chi connectivity index (χ4n) is 1.15. The second kappa shape index (κ2) is 5.63. The molecule has 0 aromatic heterocycles. The van der Waals surface area contributed by atoms with Crippen LogP contribution in [0.15, 0.2) is 24.3 Å². The second-order valence-corrected chi connectivity index (χ2v) is 3.55. The molecule has 0 saturated carbocycles. The zero-order valence-corrected chi connectivity index (χ0v) is 9.53. The largest absolute Gasteiger partial charge is 0.460 e. The third kappa shape index (κ3) is 3.05. The number of halogens is 1. The van der Waals surface area contributed by atoms with Crippen molar-refractivity contribution >= 4 is 23.4 Å². The molecule has 0 radical (unpaired) electrons. The maximum absolute atomic E-state index is 11.5. The van der Waals surface area contributed by atoms with Crippen molar-refractivity contribution < 1.29 is 14.3 Å². The molecule has 16 heavy (non-hydrogen) atoms. The topological polar surface area (TPSA) is 69.4 Å². The van der Waals surface area contributed by atoms with Crippen molar-refractivity contribution in [2.45, 2.75) is 13.0 Å². The number of Topliss-reactive ketones (excluding diaryl/α,β-unsaturated/α-hetero) is 1. The van der Waals surface area contributed by atoms with Gasteiger partial charge in [0.2, 0.25) is 0 Å². The molecule has 1 unspecified atom stereocenters. The summed E-state index contributed by atoms with van der Waals surface area (Å²) in [6.45, 7) is 1.77. The first-order valence-electron chi connectivity index (χ1n) is 4.78. The molecule has 0 aliphatic heterocycles. The van der Waals surface area contributed by atoms with E-state index in [1.807, 2.05) is 0 Å². The lowest BCUT2D eigenvalue weighted by Gasteiger charge is -2.09. The third-order valence-electron chi connectivity index (χ3n) is 1.99. The molecule has 0 spiro atoms. The Labute approximate surface area is 98.3 Å². The van der Waals surface area contributed by atoms with Gasteiger partial charge in [-0.1, -0.05) is 23.7 Å². The number of hydrogen-bond donors (Lipinski definition) is 1. The molecule has 1 aromatic rings. The fraction of sp³-hybridized carbons (Fsp3) is 0.273. The van der Waals surface area contributed by atoms with Gasteiger partial charge in [-0.2, -0.15) is 0 Å². The Hall–Kier alpha value is -1.39. The Kier molecular flexibility index (Phi) is 4.46. The highest BCUT2D eigenvalue weighted by Gasteiger charge is 2.24. The quantitative estimate of drug-likeness (QED) is 0.640. The van der Waals surface area contributed by atoms with Crippen LogP contribution < -0.4 is 5.73 Å². The number of benzene rings is 1. The van der Waals surface area contributed by atoms with Gasteiger partial charge in [0.05, 0.1) is 6.61 Å². The van der Waals surface area contributed by atoms with Crippen LogP contribution in [0.3, 0.4) is 0 Å². The average Bonchev–Trinajstić information content (AvgIpc) is 2.28. The van der Waals surface area contributed by atoms with Crippen LogP contribution >= 0.6 is 11.6 Å². The molecule has 1 rings (SSSR count). The number of ketones is 1. The van der Waals surface area contributed by atoms with Gasteiger partial charge in [-0.05, 0) is 24.6 Å². The van der Waals surface area contributed by atoms with Gasteiger partial charge in [-0.25, -0.2) is 4.79 Å². The molecular weight excluding hydrogens is 230 g/mol. The van der Waals surface area contributed by atoms with Crippen LogP contribution in [0.4, 0.5) is 0 Å². The Bertz CT molecular complexity index is 389. The number of hydrogen-bond acceptors (Lipinski definition) is 4. The molecular formula is C11H12ClNO3. The van der Waals surface area contributed by atoms with Crippen molar-refractivity contribution in [2.24, 2.45) is 5.73 Å². The van der Waals surface area contributed by atoms with Crippen LogP contribution in [-0.2, 0) is 14.3 Å². The first-order valence-corrected chi connectivity index (χ1v) is 5.16. The minimum absolute atomic E-state index is 0.151. The summed E-state index contributed by atoms with van der Waals surface area (Å²) in [5, 5.41) is 0.541. The van der Waals surface area contributed by atoms with Gasteiger partial charge in [-0.3, -0.25) is 4.79 Å². The van der Waals surface area contributed by atoms with E-state index in [9.17, 15) is 9.59 Å². The van der Waals surface area contributed by atoms with E-state index in [1.165, 1.54) is 0 Å². The SMILES string of the molecule is CCOC(=O)C(=O)C(N)c1ccc(Cl)cc1. The van der Waals surface area contributed by atoms with E-state index in [-0.39, 0.29) is 6.61 Å². The third-order valence-corrected chi connectivity index (χ3v) is 2.24. The fourth-order valence-corrected chi connectivity index (χ4v) is 1.28. The van der Waals surface area contributed by atoms with Crippen LogP contribution in [0.2, 0.25) is 5.02 Å². The molecule has 2 N–H and O–H groups in total. The number of carbonyl (C=O) groups excluding carboxylic acids is 2. The zero-order valence-electron chi connectivity index (χ0n) is 8.77. The number of rotatable bonds is 4. The smallest absolute Gasteiger partial charge is 0.376 e. The summed E-state index contributed by atoms with van der Waals surface area (Å²) in [6, 6.07) is 5.41. The lowest BCUT2D eigenvalue weighted by atomic mass is 10.0. The van der Waals surface area contributed by atoms with E-state index in [1.54, 1.807) is 31.2 Å². The van der Waals surface area contributed by atoms with Crippen LogP contribution in [-0.4, -0.2) is 18.4 Å². The van der Waals surface area contributed by atoms with Gasteiger partial charge < -0.3 is 10.5 Å². The Morgan fingerprint density at radius 3 is 2.44 bits per heavy atom. The normalized spacial score (nSPS) is 11.9. The Balaban J connectivity index is 2.77. The van der Waals surface area contributed by atoms with Gasteiger partial charge in [0.15, 0.2) is 0 Å². The van der Waals surface area contributed by atoms with E-state index in [4.69, 9.17) is 17.3 Å². The summed E-state index contributed by atoms with van der Waals surface area (Å²) in [5.74, 6) is -1.67. The monoisotopic (exact) mass is 241 g/mol. The van der Waals surface area contributed by atoms with E-state index >= 15 is 0 Å². The number of esters is 1. The predicted octanol–water partition coefficient (Wildman–Crippen LogP) is 1.47. The number of ether oxygens (including phenoxy) is 1. The van der Waals surface area contributed by atoms with Gasteiger partial charge >= 0.3 is 5.97 Å². The van der Waals surface area contributed by atoms with E-state index < -0.39 is 17.8 Å².